The van der Waals surface area contributed by atoms with Gasteiger partial charge in [0.25, 0.3) is 0 Å². The van der Waals surface area contributed by atoms with Gasteiger partial charge in [-0.05, 0) is 38.0 Å². The zero-order valence-corrected chi connectivity index (χ0v) is 14.8. The van der Waals surface area contributed by atoms with Gasteiger partial charge in [0, 0.05) is 16.5 Å². The van der Waals surface area contributed by atoms with Crippen LogP contribution in [0.15, 0.2) is 27.1 Å². The molecule has 1 aromatic heterocycles. The predicted molar refractivity (Wildman–Crippen MR) is 88.6 cm³/mol. The second-order valence-corrected chi connectivity index (χ2v) is 6.30. The van der Waals surface area contributed by atoms with Crippen molar-refractivity contribution >= 4 is 38.8 Å². The van der Waals surface area contributed by atoms with Gasteiger partial charge in [0.15, 0.2) is 6.10 Å². The summed E-state index contributed by atoms with van der Waals surface area (Å²) in [7, 11) is 0. The standard InChI is InChI=1S/C17H17BrO6/c1-2-21-17(20)15-12(9-23-16(19)14-4-3-7-22-14)11-8-10(18)5-6-13(11)24-15/h5-6,8,14H,2-4,7,9H2,1H3. The number of carbonyl (C=O) groups is 2. The van der Waals surface area contributed by atoms with Gasteiger partial charge in [-0.2, -0.15) is 0 Å². The molecule has 1 aliphatic rings. The van der Waals surface area contributed by atoms with Crippen LogP contribution < -0.4 is 0 Å². The Balaban J connectivity index is 1.88. The predicted octanol–water partition coefficient (Wildman–Crippen LogP) is 3.59. The molecule has 7 heteroatoms. The van der Waals surface area contributed by atoms with Crippen molar-refractivity contribution in [3.8, 4) is 0 Å². The Morgan fingerprint density at radius 3 is 2.88 bits per heavy atom. The molecule has 2 heterocycles. The van der Waals surface area contributed by atoms with E-state index >= 15 is 0 Å². The minimum Gasteiger partial charge on any atom is -0.460 e. The van der Waals surface area contributed by atoms with E-state index in [9.17, 15) is 9.59 Å². The van der Waals surface area contributed by atoms with Crippen molar-refractivity contribution in [2.75, 3.05) is 13.2 Å². The van der Waals surface area contributed by atoms with E-state index in [1.54, 1.807) is 13.0 Å². The maximum absolute atomic E-state index is 12.1. The lowest BCUT2D eigenvalue weighted by Crippen LogP contribution is -2.22. The van der Waals surface area contributed by atoms with Crippen LogP contribution in [0.3, 0.4) is 0 Å². The average molecular weight is 397 g/mol. The number of furan rings is 1. The van der Waals surface area contributed by atoms with E-state index in [0.717, 1.165) is 10.9 Å². The van der Waals surface area contributed by atoms with Gasteiger partial charge in [0.2, 0.25) is 5.76 Å². The molecule has 1 fully saturated rings. The minimum atomic E-state index is -0.576. The molecule has 0 spiro atoms. The highest BCUT2D eigenvalue weighted by atomic mass is 79.9. The van der Waals surface area contributed by atoms with Gasteiger partial charge >= 0.3 is 11.9 Å². The first-order valence-electron chi connectivity index (χ1n) is 7.76. The highest BCUT2D eigenvalue weighted by Crippen LogP contribution is 2.30. The zero-order chi connectivity index (χ0) is 17.1. The lowest BCUT2D eigenvalue weighted by Gasteiger charge is -2.10. The molecule has 1 unspecified atom stereocenters. The van der Waals surface area contributed by atoms with Crippen molar-refractivity contribution in [1.29, 1.82) is 0 Å². The summed E-state index contributed by atoms with van der Waals surface area (Å²) in [5, 5.41) is 0.701. The fourth-order valence-electron chi connectivity index (χ4n) is 2.63. The van der Waals surface area contributed by atoms with E-state index in [-0.39, 0.29) is 19.0 Å². The summed E-state index contributed by atoms with van der Waals surface area (Å²) < 4.78 is 22.1. The van der Waals surface area contributed by atoms with Crippen molar-refractivity contribution in [3.05, 3.63) is 34.0 Å². The third-order valence-electron chi connectivity index (χ3n) is 3.77. The van der Waals surface area contributed by atoms with Crippen LogP contribution in [-0.2, 0) is 25.6 Å². The number of rotatable bonds is 5. The van der Waals surface area contributed by atoms with Crippen LogP contribution in [0.4, 0.5) is 0 Å². The van der Waals surface area contributed by atoms with Crippen LogP contribution >= 0.6 is 15.9 Å². The van der Waals surface area contributed by atoms with E-state index in [4.69, 9.17) is 18.6 Å². The molecule has 1 aromatic carbocycles. The van der Waals surface area contributed by atoms with Crippen LogP contribution in [0.2, 0.25) is 0 Å². The van der Waals surface area contributed by atoms with Gasteiger partial charge in [0.1, 0.15) is 12.2 Å². The van der Waals surface area contributed by atoms with Crippen molar-refractivity contribution < 1.29 is 28.2 Å². The molecule has 6 nitrogen and oxygen atoms in total. The first-order chi connectivity index (χ1) is 11.6. The van der Waals surface area contributed by atoms with E-state index < -0.39 is 18.0 Å². The monoisotopic (exact) mass is 396 g/mol. The smallest absolute Gasteiger partial charge is 0.374 e. The summed E-state index contributed by atoms with van der Waals surface area (Å²) in [5.74, 6) is -0.940. The lowest BCUT2D eigenvalue weighted by atomic mass is 10.1. The van der Waals surface area contributed by atoms with Crippen LogP contribution in [0.25, 0.3) is 11.0 Å². The molecule has 1 saturated heterocycles. The largest absolute Gasteiger partial charge is 0.460 e. The summed E-state index contributed by atoms with van der Waals surface area (Å²) in [6.45, 7) is 2.44. The number of fused-ring (bicyclic) bond motifs is 1. The van der Waals surface area contributed by atoms with E-state index in [1.165, 1.54) is 0 Å². The third-order valence-corrected chi connectivity index (χ3v) is 4.26. The molecular weight excluding hydrogens is 380 g/mol. The normalized spacial score (nSPS) is 17.2. The Kier molecular flexibility index (Phi) is 5.20. The summed E-state index contributed by atoms with van der Waals surface area (Å²) in [4.78, 5) is 24.2. The number of benzene rings is 1. The second-order valence-electron chi connectivity index (χ2n) is 5.38. The molecule has 0 saturated carbocycles. The van der Waals surface area contributed by atoms with E-state index in [0.29, 0.717) is 29.6 Å². The molecule has 0 amide bonds. The molecule has 1 aliphatic heterocycles. The molecule has 2 aromatic rings. The topological polar surface area (TPSA) is 75.0 Å². The molecule has 0 bridgehead atoms. The number of hydrogen-bond acceptors (Lipinski definition) is 6. The molecule has 3 rings (SSSR count). The molecular formula is C17H17BrO6. The van der Waals surface area contributed by atoms with Gasteiger partial charge in [-0.25, -0.2) is 9.59 Å². The van der Waals surface area contributed by atoms with E-state index in [1.807, 2.05) is 12.1 Å². The van der Waals surface area contributed by atoms with Crippen molar-refractivity contribution in [2.45, 2.75) is 32.5 Å². The average Bonchev–Trinajstić information content (AvgIpc) is 3.20. The third kappa shape index (κ3) is 3.47. The van der Waals surface area contributed by atoms with Crippen molar-refractivity contribution in [2.24, 2.45) is 0 Å². The second kappa shape index (κ2) is 7.36. The lowest BCUT2D eigenvalue weighted by molar-refractivity contribution is -0.155. The fraction of sp³-hybridized carbons (Fsp3) is 0.412. The summed E-state index contributed by atoms with van der Waals surface area (Å²) in [6, 6.07) is 5.37. The van der Waals surface area contributed by atoms with Crippen molar-refractivity contribution in [3.63, 3.8) is 0 Å². The molecule has 0 radical (unpaired) electrons. The number of esters is 2. The number of ether oxygens (including phenoxy) is 3. The van der Waals surface area contributed by atoms with Gasteiger partial charge < -0.3 is 18.6 Å². The molecule has 128 valence electrons. The summed E-state index contributed by atoms with van der Waals surface area (Å²) >= 11 is 3.39. The van der Waals surface area contributed by atoms with Crippen LogP contribution in [0.1, 0.15) is 35.9 Å². The highest BCUT2D eigenvalue weighted by Gasteiger charge is 2.27. The number of hydrogen-bond donors (Lipinski definition) is 0. The van der Waals surface area contributed by atoms with Gasteiger partial charge in [-0.1, -0.05) is 15.9 Å². The first-order valence-corrected chi connectivity index (χ1v) is 8.55. The Labute approximate surface area is 147 Å². The summed E-state index contributed by atoms with van der Waals surface area (Å²) in [5.41, 5.74) is 1.03. The zero-order valence-electron chi connectivity index (χ0n) is 13.2. The van der Waals surface area contributed by atoms with Gasteiger partial charge in [0.05, 0.1) is 12.2 Å². The Morgan fingerprint density at radius 2 is 2.17 bits per heavy atom. The first kappa shape index (κ1) is 17.0. The Bertz CT molecular complexity index is 760. The SMILES string of the molecule is CCOC(=O)c1oc2ccc(Br)cc2c1COC(=O)C1CCCO1. The Hall–Kier alpha value is -1.86. The number of halogens is 1. The van der Waals surface area contributed by atoms with Crippen molar-refractivity contribution in [1.82, 2.24) is 0 Å². The van der Waals surface area contributed by atoms with Crippen LogP contribution in [-0.4, -0.2) is 31.3 Å². The number of carbonyl (C=O) groups excluding carboxylic acids is 2. The van der Waals surface area contributed by atoms with Gasteiger partial charge in [-0.3, -0.25) is 0 Å². The fourth-order valence-corrected chi connectivity index (χ4v) is 2.99. The molecule has 24 heavy (non-hydrogen) atoms. The quantitative estimate of drug-likeness (QED) is 0.718. The molecule has 0 aliphatic carbocycles. The minimum absolute atomic E-state index is 0.0603. The Morgan fingerprint density at radius 1 is 1.33 bits per heavy atom. The maximum Gasteiger partial charge on any atom is 0.374 e. The maximum atomic E-state index is 12.1. The van der Waals surface area contributed by atoms with Gasteiger partial charge in [-0.15, -0.1) is 0 Å². The molecule has 1 atom stereocenters. The highest BCUT2D eigenvalue weighted by molar-refractivity contribution is 9.10. The van der Waals surface area contributed by atoms with Crippen LogP contribution in [0.5, 0.6) is 0 Å². The van der Waals surface area contributed by atoms with Crippen LogP contribution in [0, 0.1) is 0 Å². The van der Waals surface area contributed by atoms with E-state index in [2.05, 4.69) is 15.9 Å². The molecule has 0 N–H and O–H groups in total. The summed E-state index contributed by atoms with van der Waals surface area (Å²) in [6.07, 6.45) is 0.970.